The first kappa shape index (κ1) is 24.4. The molecule has 1 fully saturated rings. The lowest BCUT2D eigenvalue weighted by Gasteiger charge is -2.27. The highest BCUT2D eigenvalue weighted by Gasteiger charge is 2.26. The molecule has 13 heteroatoms. The summed E-state index contributed by atoms with van der Waals surface area (Å²) in [6.07, 6.45) is 3.21. The number of benzene rings is 1. The summed E-state index contributed by atoms with van der Waals surface area (Å²) in [5, 5.41) is 13.7. The summed E-state index contributed by atoms with van der Waals surface area (Å²) in [4.78, 5) is 52.1. The van der Waals surface area contributed by atoms with Gasteiger partial charge in [0.15, 0.2) is 0 Å². The summed E-state index contributed by atoms with van der Waals surface area (Å²) in [5.74, 6) is -0.915. The number of carbonyl (C=O) groups excluding carboxylic acids is 3. The van der Waals surface area contributed by atoms with Crippen LogP contribution in [0.2, 0.25) is 4.34 Å². The van der Waals surface area contributed by atoms with Crippen molar-refractivity contribution < 1.29 is 14.4 Å². The van der Waals surface area contributed by atoms with Crippen LogP contribution in [0.3, 0.4) is 0 Å². The van der Waals surface area contributed by atoms with Crippen molar-refractivity contribution in [3.8, 4) is 11.4 Å². The molecule has 1 aliphatic heterocycles. The van der Waals surface area contributed by atoms with Crippen LogP contribution in [0.4, 0.5) is 0 Å². The van der Waals surface area contributed by atoms with Crippen LogP contribution in [0.25, 0.3) is 11.4 Å². The summed E-state index contributed by atoms with van der Waals surface area (Å²) < 4.78 is 3.36. The number of amides is 3. The number of hydrogen-bond donors (Lipinski definition) is 2. The Morgan fingerprint density at radius 2 is 2.00 bits per heavy atom. The first-order valence-electron chi connectivity index (χ1n) is 11.2. The third-order valence-corrected chi connectivity index (χ3v) is 6.88. The van der Waals surface area contributed by atoms with Gasteiger partial charge in [0, 0.05) is 31.0 Å². The van der Waals surface area contributed by atoms with E-state index in [1.165, 1.54) is 31.6 Å². The van der Waals surface area contributed by atoms with Crippen LogP contribution >= 0.6 is 22.9 Å². The molecule has 5 rings (SSSR count). The maximum absolute atomic E-state index is 13.5. The Morgan fingerprint density at radius 3 is 2.76 bits per heavy atom. The third kappa shape index (κ3) is 5.29. The van der Waals surface area contributed by atoms with Gasteiger partial charge in [-0.25, -0.2) is 4.68 Å². The van der Waals surface area contributed by atoms with Crippen LogP contribution in [0.15, 0.2) is 65.7 Å². The number of pyridine rings is 1. The van der Waals surface area contributed by atoms with Gasteiger partial charge >= 0.3 is 0 Å². The van der Waals surface area contributed by atoms with Crippen LogP contribution in [0.5, 0.6) is 0 Å². The van der Waals surface area contributed by atoms with E-state index in [0.29, 0.717) is 39.4 Å². The number of nitrogens with one attached hydrogen (secondary N) is 2. The molecule has 0 saturated carbocycles. The van der Waals surface area contributed by atoms with Crippen LogP contribution in [-0.2, 0) is 11.3 Å². The molecule has 11 nitrogen and oxygen atoms in total. The molecular weight excluding hydrogens is 518 g/mol. The Hall–Kier alpha value is -4.29. The summed E-state index contributed by atoms with van der Waals surface area (Å²) in [5.41, 5.74) is 1.36. The standard InChI is InChI=1S/C24H20ClN7O4S/c25-20-7-6-19(37-20)23(35)27-12-15-13-32(29-28-15)18-5-4-16(31-9-2-1-3-22(31)34)11-17(18)24(36)30-10-8-26-21(33)14-30/h1-7,9,11,13H,8,10,12,14H2,(H,26,33)(H,27,35). The molecule has 188 valence electrons. The number of rotatable bonds is 6. The number of aromatic nitrogens is 4. The molecule has 1 saturated heterocycles. The third-order valence-electron chi connectivity index (χ3n) is 5.65. The van der Waals surface area contributed by atoms with Crippen molar-refractivity contribution in [2.45, 2.75) is 6.54 Å². The van der Waals surface area contributed by atoms with Gasteiger partial charge in [0.1, 0.15) is 5.69 Å². The first-order chi connectivity index (χ1) is 17.9. The fourth-order valence-corrected chi connectivity index (χ4v) is 4.82. The molecule has 0 bridgehead atoms. The minimum atomic E-state index is -0.379. The number of carbonyl (C=O) groups is 3. The van der Waals surface area contributed by atoms with Gasteiger partial charge in [0.25, 0.3) is 17.4 Å². The molecule has 4 heterocycles. The highest BCUT2D eigenvalue weighted by Crippen LogP contribution is 2.22. The first-order valence-corrected chi connectivity index (χ1v) is 12.4. The van der Waals surface area contributed by atoms with Gasteiger partial charge < -0.3 is 15.5 Å². The molecule has 0 unspecified atom stereocenters. The fourth-order valence-electron chi connectivity index (χ4n) is 3.86. The van der Waals surface area contributed by atoms with E-state index in [1.807, 2.05) is 0 Å². The molecule has 4 aromatic rings. The Bertz CT molecular complexity index is 1560. The van der Waals surface area contributed by atoms with Gasteiger partial charge in [-0.05, 0) is 36.4 Å². The maximum atomic E-state index is 13.5. The van der Waals surface area contributed by atoms with Crippen molar-refractivity contribution in [2.24, 2.45) is 0 Å². The molecular formula is C24H20ClN7O4S. The van der Waals surface area contributed by atoms with E-state index in [0.717, 1.165) is 0 Å². The zero-order chi connectivity index (χ0) is 25.9. The molecule has 0 radical (unpaired) electrons. The zero-order valence-electron chi connectivity index (χ0n) is 19.3. The van der Waals surface area contributed by atoms with Gasteiger partial charge in [-0.3, -0.25) is 23.7 Å². The van der Waals surface area contributed by atoms with Gasteiger partial charge in [-0.1, -0.05) is 22.9 Å². The molecule has 37 heavy (non-hydrogen) atoms. The van der Waals surface area contributed by atoms with Crippen molar-refractivity contribution in [3.05, 3.63) is 91.7 Å². The molecule has 1 aromatic carbocycles. The Kier molecular flexibility index (Phi) is 6.84. The van der Waals surface area contributed by atoms with Crippen LogP contribution < -0.4 is 16.2 Å². The van der Waals surface area contributed by atoms with Crippen molar-refractivity contribution >= 4 is 40.7 Å². The van der Waals surface area contributed by atoms with E-state index >= 15 is 0 Å². The summed E-state index contributed by atoms with van der Waals surface area (Å²) in [6.45, 7) is 0.734. The number of halogens is 1. The van der Waals surface area contributed by atoms with Gasteiger partial charge in [-0.2, -0.15) is 0 Å². The minimum Gasteiger partial charge on any atom is -0.353 e. The highest BCUT2D eigenvalue weighted by atomic mass is 35.5. The molecule has 0 atom stereocenters. The van der Waals surface area contributed by atoms with Gasteiger partial charge in [0.05, 0.1) is 39.8 Å². The van der Waals surface area contributed by atoms with Crippen molar-refractivity contribution in [2.75, 3.05) is 19.6 Å². The fraction of sp³-hybridized carbons (Fsp3) is 0.167. The molecule has 1 aliphatic rings. The lowest BCUT2D eigenvalue weighted by Crippen LogP contribution is -2.50. The van der Waals surface area contributed by atoms with E-state index in [1.54, 1.807) is 54.9 Å². The summed E-state index contributed by atoms with van der Waals surface area (Å²) in [6, 6.07) is 13.0. The molecule has 0 spiro atoms. The number of thiophene rings is 1. The predicted molar refractivity (Wildman–Crippen MR) is 136 cm³/mol. The van der Waals surface area contributed by atoms with Crippen LogP contribution in [-0.4, -0.2) is 61.8 Å². The lowest BCUT2D eigenvalue weighted by molar-refractivity contribution is -0.123. The van der Waals surface area contributed by atoms with E-state index in [-0.39, 0.29) is 41.9 Å². The largest absolute Gasteiger partial charge is 0.353 e. The van der Waals surface area contributed by atoms with E-state index in [4.69, 9.17) is 11.6 Å². The number of nitrogens with zero attached hydrogens (tertiary/aromatic N) is 5. The molecule has 2 N–H and O–H groups in total. The SMILES string of the molecule is O=C1CN(C(=O)c2cc(-n3ccccc3=O)ccc2-n2cc(CNC(=O)c3ccc(Cl)s3)nn2)CCN1. The van der Waals surface area contributed by atoms with E-state index < -0.39 is 0 Å². The minimum absolute atomic E-state index is 0.0742. The normalized spacial score (nSPS) is 13.3. The molecule has 3 amide bonds. The second-order valence-electron chi connectivity index (χ2n) is 8.13. The van der Waals surface area contributed by atoms with Gasteiger partial charge in [-0.15, -0.1) is 16.4 Å². The Balaban J connectivity index is 1.45. The summed E-state index contributed by atoms with van der Waals surface area (Å²) in [7, 11) is 0. The molecule has 0 aliphatic carbocycles. The van der Waals surface area contributed by atoms with E-state index in [2.05, 4.69) is 20.9 Å². The Morgan fingerprint density at radius 1 is 1.14 bits per heavy atom. The maximum Gasteiger partial charge on any atom is 0.261 e. The van der Waals surface area contributed by atoms with Crippen LogP contribution in [0.1, 0.15) is 25.7 Å². The quantitative estimate of drug-likeness (QED) is 0.384. The molecule has 3 aromatic heterocycles. The number of hydrogen-bond acceptors (Lipinski definition) is 7. The van der Waals surface area contributed by atoms with Crippen LogP contribution in [0, 0.1) is 0 Å². The Labute approximate surface area is 219 Å². The predicted octanol–water partition coefficient (Wildman–Crippen LogP) is 1.64. The average molecular weight is 538 g/mol. The average Bonchev–Trinajstić information content (AvgIpc) is 3.56. The second kappa shape index (κ2) is 10.4. The zero-order valence-corrected chi connectivity index (χ0v) is 20.8. The van der Waals surface area contributed by atoms with E-state index in [9.17, 15) is 19.2 Å². The second-order valence-corrected chi connectivity index (χ2v) is 9.84. The van der Waals surface area contributed by atoms with Gasteiger partial charge in [0.2, 0.25) is 5.91 Å². The topological polar surface area (TPSA) is 131 Å². The summed E-state index contributed by atoms with van der Waals surface area (Å²) >= 11 is 7.07. The smallest absolute Gasteiger partial charge is 0.261 e. The highest BCUT2D eigenvalue weighted by molar-refractivity contribution is 7.18. The lowest BCUT2D eigenvalue weighted by atomic mass is 10.1. The van der Waals surface area contributed by atoms with Crippen molar-refractivity contribution in [1.82, 2.24) is 35.1 Å². The number of piperazine rings is 1. The monoisotopic (exact) mass is 537 g/mol. The van der Waals surface area contributed by atoms with Crippen molar-refractivity contribution in [3.63, 3.8) is 0 Å². The van der Waals surface area contributed by atoms with Crippen molar-refractivity contribution in [1.29, 1.82) is 0 Å².